The first-order valence-electron chi connectivity index (χ1n) is 7.91. The minimum absolute atomic E-state index is 0.412. The molecule has 23 heavy (non-hydrogen) atoms. The molecule has 0 radical (unpaired) electrons. The summed E-state index contributed by atoms with van der Waals surface area (Å²) in [5.74, 6) is 0. The Morgan fingerprint density at radius 3 is 1.43 bits per heavy atom. The minimum Gasteiger partial charge on any atom is -0.442 e. The van der Waals surface area contributed by atoms with Gasteiger partial charge in [0.15, 0.2) is 19.5 Å². The van der Waals surface area contributed by atoms with E-state index in [2.05, 4.69) is 39.4 Å². The van der Waals surface area contributed by atoms with Gasteiger partial charge in [-0.2, -0.15) is 0 Å². The molecule has 0 saturated heterocycles. The van der Waals surface area contributed by atoms with Crippen molar-refractivity contribution < 1.29 is 17.7 Å². The van der Waals surface area contributed by atoms with Gasteiger partial charge in [0.2, 0.25) is 0 Å². The molecule has 134 valence electrons. The van der Waals surface area contributed by atoms with Gasteiger partial charge in [-0.15, -0.1) is 26.3 Å². The standard InChI is InChI=1S/C8H20O2Si3.C8H14O2/c1-5-7-11-9-13(3,4)10-12-8-6-2;1-3-5-9-7-8-10-6-4-2/h5-6H,1-2,7-8,11-12H2,3-4H3;3-4H,1-2,5-8H2. The van der Waals surface area contributed by atoms with Crippen LogP contribution in [0.25, 0.3) is 0 Å². The molecule has 0 rings (SSSR count). The molecule has 0 aliphatic heterocycles. The van der Waals surface area contributed by atoms with Crippen LogP contribution in [0.4, 0.5) is 0 Å². The summed E-state index contributed by atoms with van der Waals surface area (Å²) < 4.78 is 21.7. The van der Waals surface area contributed by atoms with Gasteiger partial charge in [-0.3, -0.25) is 0 Å². The first-order valence-corrected chi connectivity index (χ1v) is 13.9. The average molecular weight is 375 g/mol. The van der Waals surface area contributed by atoms with Gasteiger partial charge in [0.05, 0.1) is 26.4 Å². The molecule has 0 fully saturated rings. The lowest BCUT2D eigenvalue weighted by Crippen LogP contribution is -2.37. The molecule has 0 amide bonds. The highest BCUT2D eigenvalue weighted by Gasteiger charge is 2.22. The number of allylic oxidation sites excluding steroid dienone is 2. The Morgan fingerprint density at radius 1 is 0.739 bits per heavy atom. The topological polar surface area (TPSA) is 36.9 Å². The second kappa shape index (κ2) is 19.5. The van der Waals surface area contributed by atoms with Crippen LogP contribution in [0.3, 0.4) is 0 Å². The normalized spacial score (nSPS) is 11.4. The molecule has 0 aromatic rings. The smallest absolute Gasteiger partial charge is 0.310 e. The number of rotatable bonds is 15. The van der Waals surface area contributed by atoms with Crippen molar-refractivity contribution in [3.63, 3.8) is 0 Å². The predicted octanol–water partition coefficient (Wildman–Crippen LogP) is 2.49. The zero-order chi connectivity index (χ0) is 17.8. The van der Waals surface area contributed by atoms with Crippen molar-refractivity contribution >= 4 is 28.1 Å². The number of ether oxygens (including phenoxy) is 2. The molecule has 0 atom stereocenters. The lowest BCUT2D eigenvalue weighted by Gasteiger charge is -2.23. The van der Waals surface area contributed by atoms with E-state index in [1.807, 2.05) is 12.2 Å². The van der Waals surface area contributed by atoms with Crippen molar-refractivity contribution in [3.05, 3.63) is 50.6 Å². The monoisotopic (exact) mass is 374 g/mol. The fourth-order valence-corrected chi connectivity index (χ4v) is 7.56. The molecule has 0 aliphatic rings. The lowest BCUT2D eigenvalue weighted by molar-refractivity contribution is 0.0710. The first-order chi connectivity index (χ1) is 11.0. The molecule has 0 unspecified atom stereocenters. The Hall–Kier alpha value is -0.549. The average Bonchev–Trinajstić information content (AvgIpc) is 2.52. The molecule has 0 aliphatic carbocycles. The molecule has 0 bridgehead atoms. The summed E-state index contributed by atoms with van der Waals surface area (Å²) in [6, 6.07) is 2.09. The zero-order valence-corrected chi connectivity index (χ0v) is 18.8. The summed E-state index contributed by atoms with van der Waals surface area (Å²) in [5.41, 5.74) is 0. The third-order valence-electron chi connectivity index (χ3n) is 2.39. The second-order valence-corrected chi connectivity index (χ2v) is 12.1. The van der Waals surface area contributed by atoms with Gasteiger partial charge in [0.1, 0.15) is 0 Å². The summed E-state index contributed by atoms with van der Waals surface area (Å²) in [6.07, 6.45) is 7.29. The van der Waals surface area contributed by atoms with Crippen molar-refractivity contribution in [2.24, 2.45) is 0 Å². The van der Waals surface area contributed by atoms with E-state index in [0.29, 0.717) is 26.4 Å². The highest BCUT2D eigenvalue weighted by atomic mass is 28.4. The first kappa shape index (κ1) is 24.7. The molecule has 0 saturated carbocycles. The molecular weight excluding hydrogens is 340 g/mol. The molecular formula is C16H34O4Si3. The van der Waals surface area contributed by atoms with Gasteiger partial charge in [0.25, 0.3) is 0 Å². The van der Waals surface area contributed by atoms with Gasteiger partial charge in [0, 0.05) is 0 Å². The van der Waals surface area contributed by atoms with Gasteiger partial charge in [-0.25, -0.2) is 0 Å². The SMILES string of the molecule is C=CCOCCOCC=C.C=CC[SiH2]O[Si](C)(C)O[SiH2]CC=C. The quantitative estimate of drug-likeness (QED) is 0.251. The van der Waals surface area contributed by atoms with E-state index < -0.39 is 28.1 Å². The number of hydrogen-bond donors (Lipinski definition) is 0. The van der Waals surface area contributed by atoms with Crippen LogP contribution >= 0.6 is 0 Å². The Bertz CT molecular complexity index is 282. The van der Waals surface area contributed by atoms with Crippen molar-refractivity contribution in [1.82, 2.24) is 0 Å². The van der Waals surface area contributed by atoms with Crippen LogP contribution < -0.4 is 0 Å². The third-order valence-corrected chi connectivity index (χ3v) is 10.9. The fourth-order valence-electron chi connectivity index (χ4n) is 1.27. The predicted molar refractivity (Wildman–Crippen MR) is 109 cm³/mol. The lowest BCUT2D eigenvalue weighted by atomic mass is 10.6. The van der Waals surface area contributed by atoms with Gasteiger partial charge >= 0.3 is 8.56 Å². The van der Waals surface area contributed by atoms with Crippen LogP contribution in [0.2, 0.25) is 25.2 Å². The Kier molecular flexibility index (Phi) is 20.9. The van der Waals surface area contributed by atoms with E-state index in [1.54, 1.807) is 12.2 Å². The van der Waals surface area contributed by atoms with Crippen LogP contribution in [-0.4, -0.2) is 54.5 Å². The summed E-state index contributed by atoms with van der Waals surface area (Å²) in [4.78, 5) is 0. The highest BCUT2D eigenvalue weighted by Crippen LogP contribution is 2.05. The van der Waals surface area contributed by atoms with Crippen LogP contribution in [0.5, 0.6) is 0 Å². The second-order valence-electron chi connectivity index (χ2n) is 4.98. The Balaban J connectivity index is 0. The van der Waals surface area contributed by atoms with Crippen molar-refractivity contribution in [2.75, 3.05) is 26.4 Å². The summed E-state index contributed by atoms with van der Waals surface area (Å²) in [5, 5.41) is 0. The highest BCUT2D eigenvalue weighted by molar-refractivity contribution is 6.73. The Morgan fingerprint density at radius 2 is 1.13 bits per heavy atom. The van der Waals surface area contributed by atoms with E-state index in [-0.39, 0.29) is 0 Å². The van der Waals surface area contributed by atoms with Crippen molar-refractivity contribution in [2.45, 2.75) is 25.2 Å². The van der Waals surface area contributed by atoms with Crippen LogP contribution in [-0.2, 0) is 17.7 Å². The molecule has 0 heterocycles. The summed E-state index contributed by atoms with van der Waals surface area (Å²) in [7, 11) is -2.57. The van der Waals surface area contributed by atoms with Crippen LogP contribution in [0.1, 0.15) is 0 Å². The third kappa shape index (κ3) is 23.8. The van der Waals surface area contributed by atoms with E-state index in [4.69, 9.17) is 17.7 Å². The van der Waals surface area contributed by atoms with Crippen LogP contribution in [0.15, 0.2) is 50.6 Å². The maximum atomic E-state index is 5.80. The summed E-state index contributed by atoms with van der Waals surface area (Å²) in [6.45, 7) is 21.1. The molecule has 4 nitrogen and oxygen atoms in total. The van der Waals surface area contributed by atoms with E-state index in [1.165, 1.54) is 0 Å². The summed E-state index contributed by atoms with van der Waals surface area (Å²) >= 11 is 0. The molecule has 0 aromatic carbocycles. The largest absolute Gasteiger partial charge is 0.442 e. The van der Waals surface area contributed by atoms with Gasteiger partial charge in [-0.1, -0.05) is 24.3 Å². The van der Waals surface area contributed by atoms with E-state index >= 15 is 0 Å². The molecule has 0 spiro atoms. The van der Waals surface area contributed by atoms with Gasteiger partial charge < -0.3 is 17.7 Å². The Labute approximate surface area is 148 Å². The molecule has 0 N–H and O–H groups in total. The van der Waals surface area contributed by atoms with Crippen molar-refractivity contribution in [3.8, 4) is 0 Å². The maximum Gasteiger partial charge on any atom is 0.310 e. The van der Waals surface area contributed by atoms with Crippen molar-refractivity contribution in [1.29, 1.82) is 0 Å². The minimum atomic E-state index is -1.75. The number of hydrogen-bond acceptors (Lipinski definition) is 4. The molecule has 7 heteroatoms. The van der Waals surface area contributed by atoms with E-state index in [0.717, 1.165) is 12.1 Å². The van der Waals surface area contributed by atoms with E-state index in [9.17, 15) is 0 Å². The van der Waals surface area contributed by atoms with Gasteiger partial charge in [-0.05, 0) is 25.2 Å². The maximum absolute atomic E-state index is 5.80. The van der Waals surface area contributed by atoms with Crippen LogP contribution in [0, 0.1) is 0 Å². The molecule has 0 aromatic heterocycles. The zero-order valence-electron chi connectivity index (χ0n) is 14.9. The fraction of sp³-hybridized carbons (Fsp3) is 0.500.